The number of hydrogen-bond donors (Lipinski definition) is 1. The Morgan fingerprint density at radius 2 is 1.86 bits per heavy atom. The summed E-state index contributed by atoms with van der Waals surface area (Å²) in [6.45, 7) is 5.23. The molecule has 1 N–H and O–H groups in total. The first kappa shape index (κ1) is 17.5. The Balaban J connectivity index is 3.10. The molecule has 0 bridgehead atoms. The Labute approximate surface area is 125 Å². The summed E-state index contributed by atoms with van der Waals surface area (Å²) in [5.74, 6) is -0.243. The molecule has 0 aliphatic carbocycles. The van der Waals surface area contributed by atoms with Crippen molar-refractivity contribution < 1.29 is 22.7 Å². The molecule has 118 valence electrons. The molecule has 1 unspecified atom stereocenters. The van der Waals surface area contributed by atoms with Crippen LogP contribution in [-0.4, -0.2) is 34.6 Å². The lowest BCUT2D eigenvalue weighted by atomic mass is 10.1. The third-order valence-corrected chi connectivity index (χ3v) is 4.52. The van der Waals surface area contributed by atoms with Crippen LogP contribution in [0, 0.1) is 12.8 Å². The van der Waals surface area contributed by atoms with Gasteiger partial charge in [-0.2, -0.15) is 4.72 Å². The average molecular weight is 315 g/mol. The van der Waals surface area contributed by atoms with Crippen molar-refractivity contribution in [3.8, 4) is 5.75 Å². The van der Waals surface area contributed by atoms with Gasteiger partial charge in [-0.15, -0.1) is 0 Å². The molecule has 0 aliphatic heterocycles. The molecule has 0 saturated carbocycles. The molecular weight excluding hydrogens is 294 g/mol. The van der Waals surface area contributed by atoms with E-state index in [9.17, 15) is 13.2 Å². The van der Waals surface area contributed by atoms with Crippen molar-refractivity contribution in [2.45, 2.75) is 31.7 Å². The van der Waals surface area contributed by atoms with Crippen molar-refractivity contribution in [1.82, 2.24) is 4.72 Å². The number of benzene rings is 1. The molecule has 7 heteroatoms. The van der Waals surface area contributed by atoms with E-state index in [4.69, 9.17) is 4.74 Å². The molecule has 0 amide bonds. The number of aryl methyl sites for hydroxylation is 1. The zero-order chi connectivity index (χ0) is 16.2. The second-order valence-electron chi connectivity index (χ2n) is 5.00. The molecule has 0 aromatic heterocycles. The van der Waals surface area contributed by atoms with E-state index in [-0.39, 0.29) is 10.8 Å². The van der Waals surface area contributed by atoms with Crippen LogP contribution in [0.1, 0.15) is 19.4 Å². The lowest BCUT2D eigenvalue weighted by molar-refractivity contribution is -0.143. The molecule has 1 atom stereocenters. The summed E-state index contributed by atoms with van der Waals surface area (Å²) in [6.07, 6.45) is 0. The van der Waals surface area contributed by atoms with E-state index in [0.717, 1.165) is 0 Å². The molecule has 21 heavy (non-hydrogen) atoms. The van der Waals surface area contributed by atoms with Gasteiger partial charge in [-0.25, -0.2) is 8.42 Å². The summed E-state index contributed by atoms with van der Waals surface area (Å²) in [7, 11) is -1.07. The summed E-state index contributed by atoms with van der Waals surface area (Å²) in [5.41, 5.74) is 0.694. The zero-order valence-electron chi connectivity index (χ0n) is 12.8. The molecule has 1 rings (SSSR count). The highest BCUT2D eigenvalue weighted by atomic mass is 32.2. The smallest absolute Gasteiger partial charge is 0.324 e. The van der Waals surface area contributed by atoms with E-state index in [2.05, 4.69) is 9.46 Å². The van der Waals surface area contributed by atoms with Gasteiger partial charge in [0.05, 0.1) is 19.1 Å². The number of hydrogen-bond acceptors (Lipinski definition) is 5. The summed E-state index contributed by atoms with van der Waals surface area (Å²) >= 11 is 0. The molecule has 1 aromatic carbocycles. The van der Waals surface area contributed by atoms with Gasteiger partial charge in [0.25, 0.3) is 0 Å². The largest absolute Gasteiger partial charge is 0.496 e. The highest BCUT2D eigenvalue weighted by Crippen LogP contribution is 2.22. The Bertz CT molecular complexity index is 610. The van der Waals surface area contributed by atoms with Crippen LogP contribution in [0.5, 0.6) is 5.75 Å². The number of carbonyl (C=O) groups is 1. The molecule has 0 spiro atoms. The maximum Gasteiger partial charge on any atom is 0.324 e. The summed E-state index contributed by atoms with van der Waals surface area (Å²) < 4.78 is 36.8. The number of rotatable bonds is 6. The van der Waals surface area contributed by atoms with Crippen LogP contribution in [0.4, 0.5) is 0 Å². The second kappa shape index (κ2) is 6.91. The van der Waals surface area contributed by atoms with Crippen molar-refractivity contribution in [1.29, 1.82) is 0 Å². The normalized spacial score (nSPS) is 13.0. The number of sulfonamides is 1. The maximum atomic E-state index is 12.4. The Kier molecular flexibility index (Phi) is 5.74. The van der Waals surface area contributed by atoms with Crippen molar-refractivity contribution in [2.24, 2.45) is 5.92 Å². The van der Waals surface area contributed by atoms with Crippen molar-refractivity contribution in [3.05, 3.63) is 23.8 Å². The van der Waals surface area contributed by atoms with Crippen molar-refractivity contribution >= 4 is 16.0 Å². The predicted molar refractivity (Wildman–Crippen MR) is 78.7 cm³/mol. The third kappa shape index (κ3) is 4.18. The molecule has 0 aliphatic rings. The lowest BCUT2D eigenvalue weighted by Crippen LogP contribution is -2.44. The second-order valence-corrected chi connectivity index (χ2v) is 6.71. The average Bonchev–Trinajstić information content (AvgIpc) is 2.43. The zero-order valence-corrected chi connectivity index (χ0v) is 13.7. The van der Waals surface area contributed by atoms with Gasteiger partial charge in [0.15, 0.2) is 0 Å². The highest BCUT2D eigenvalue weighted by molar-refractivity contribution is 7.89. The Morgan fingerprint density at radius 3 is 2.29 bits per heavy atom. The SMILES string of the molecule is COC(=O)C(NS(=O)(=O)c1ccc(OC)c(C)c1)C(C)C. The molecule has 0 heterocycles. The maximum absolute atomic E-state index is 12.4. The van der Waals surface area contributed by atoms with Gasteiger partial charge in [0, 0.05) is 0 Å². The molecule has 0 saturated heterocycles. The Hall–Kier alpha value is -1.60. The number of nitrogens with one attached hydrogen (secondary N) is 1. The summed E-state index contributed by atoms with van der Waals surface area (Å²) in [5, 5.41) is 0. The van der Waals surface area contributed by atoms with E-state index in [1.807, 2.05) is 0 Å². The van der Waals surface area contributed by atoms with E-state index in [1.54, 1.807) is 26.8 Å². The van der Waals surface area contributed by atoms with Crippen LogP contribution >= 0.6 is 0 Å². The van der Waals surface area contributed by atoms with Gasteiger partial charge in [0.2, 0.25) is 10.0 Å². The van der Waals surface area contributed by atoms with E-state index in [0.29, 0.717) is 11.3 Å². The van der Waals surface area contributed by atoms with Gasteiger partial charge in [-0.3, -0.25) is 4.79 Å². The van der Waals surface area contributed by atoms with Crippen LogP contribution in [0.2, 0.25) is 0 Å². The summed E-state index contributed by atoms with van der Waals surface area (Å²) in [6, 6.07) is 3.58. The lowest BCUT2D eigenvalue weighted by Gasteiger charge is -2.20. The van der Waals surface area contributed by atoms with E-state index in [1.165, 1.54) is 26.4 Å². The molecular formula is C14H21NO5S. The minimum Gasteiger partial charge on any atom is -0.496 e. The number of ether oxygens (including phenoxy) is 2. The first-order valence-corrected chi connectivity index (χ1v) is 7.96. The standard InChI is InChI=1S/C14H21NO5S/c1-9(2)13(14(16)20-5)15-21(17,18)11-6-7-12(19-4)10(3)8-11/h6-9,13,15H,1-5H3. The van der Waals surface area contributed by atoms with Gasteiger partial charge in [-0.1, -0.05) is 13.8 Å². The van der Waals surface area contributed by atoms with Crippen molar-refractivity contribution in [3.63, 3.8) is 0 Å². The van der Waals surface area contributed by atoms with Gasteiger partial charge >= 0.3 is 5.97 Å². The fourth-order valence-corrected chi connectivity index (χ4v) is 3.25. The van der Waals surface area contributed by atoms with Gasteiger partial charge in [0.1, 0.15) is 11.8 Å². The molecule has 6 nitrogen and oxygen atoms in total. The molecule has 1 aromatic rings. The van der Waals surface area contributed by atoms with Crippen LogP contribution in [-0.2, 0) is 19.6 Å². The highest BCUT2D eigenvalue weighted by Gasteiger charge is 2.29. The van der Waals surface area contributed by atoms with Crippen LogP contribution in [0.15, 0.2) is 23.1 Å². The first-order chi connectivity index (χ1) is 9.72. The van der Waals surface area contributed by atoms with Crippen LogP contribution in [0.25, 0.3) is 0 Å². The fourth-order valence-electron chi connectivity index (χ4n) is 1.84. The Morgan fingerprint density at radius 1 is 1.24 bits per heavy atom. The van der Waals surface area contributed by atoms with Crippen molar-refractivity contribution in [2.75, 3.05) is 14.2 Å². The third-order valence-electron chi connectivity index (χ3n) is 3.08. The predicted octanol–water partition coefficient (Wildman–Crippen LogP) is 1.48. The minimum atomic E-state index is -3.81. The quantitative estimate of drug-likeness (QED) is 0.804. The number of methoxy groups -OCH3 is 2. The van der Waals surface area contributed by atoms with Crippen LogP contribution in [0.3, 0.4) is 0 Å². The number of carbonyl (C=O) groups excluding carboxylic acids is 1. The number of esters is 1. The summed E-state index contributed by atoms with van der Waals surface area (Å²) in [4.78, 5) is 11.7. The van der Waals surface area contributed by atoms with Crippen LogP contribution < -0.4 is 9.46 Å². The molecule has 0 radical (unpaired) electrons. The van der Waals surface area contributed by atoms with E-state index < -0.39 is 22.0 Å². The minimum absolute atomic E-state index is 0.0790. The monoisotopic (exact) mass is 315 g/mol. The molecule has 0 fully saturated rings. The van der Waals surface area contributed by atoms with Gasteiger partial charge < -0.3 is 9.47 Å². The topological polar surface area (TPSA) is 81.7 Å². The fraction of sp³-hybridized carbons (Fsp3) is 0.500. The van der Waals surface area contributed by atoms with E-state index >= 15 is 0 Å². The van der Waals surface area contributed by atoms with Gasteiger partial charge in [-0.05, 0) is 36.6 Å². The first-order valence-electron chi connectivity index (χ1n) is 6.47.